The normalized spacial score (nSPS) is 14.7. The summed E-state index contributed by atoms with van der Waals surface area (Å²) in [5.41, 5.74) is 4.29. The molecule has 0 aliphatic heterocycles. The van der Waals surface area contributed by atoms with Crippen molar-refractivity contribution in [3.8, 4) is 5.75 Å². The van der Waals surface area contributed by atoms with E-state index < -0.39 is 6.04 Å². The zero-order chi connectivity index (χ0) is 20.4. The van der Waals surface area contributed by atoms with Crippen molar-refractivity contribution < 1.29 is 9.53 Å². The molecule has 2 aromatic heterocycles. The van der Waals surface area contributed by atoms with E-state index in [1.807, 2.05) is 24.3 Å². The van der Waals surface area contributed by atoms with Gasteiger partial charge in [-0.25, -0.2) is 10.4 Å². The molecule has 7 nitrogen and oxygen atoms in total. The molecule has 0 spiro atoms. The molecule has 1 aliphatic rings. The fourth-order valence-electron chi connectivity index (χ4n) is 3.52. The van der Waals surface area contributed by atoms with Gasteiger partial charge in [-0.1, -0.05) is 0 Å². The van der Waals surface area contributed by atoms with Crippen LogP contribution in [0.4, 0.5) is 0 Å². The summed E-state index contributed by atoms with van der Waals surface area (Å²) >= 11 is 1.60. The second-order valence-corrected chi connectivity index (χ2v) is 8.12. The lowest BCUT2D eigenvalue weighted by Crippen LogP contribution is -2.34. The second-order valence-electron chi connectivity index (χ2n) is 7.03. The smallest absolute Gasteiger partial charge is 0.263 e. The first-order valence-corrected chi connectivity index (χ1v) is 10.4. The van der Waals surface area contributed by atoms with Crippen molar-refractivity contribution >= 4 is 33.7 Å². The standard InChI is InChI=1S/C21H22N4O3S/c1-13(19(26)24-23-11-14-7-9-15(28-2)10-8-14)25-12-22-20-18(21(25)27)16-5-3-4-6-17(16)29-20/h7-13H,3-6H2,1-2H3,(H,24,26)/b23-11+. The molecule has 3 aromatic rings. The number of nitrogens with zero attached hydrogens (tertiary/aromatic N) is 3. The van der Waals surface area contributed by atoms with Crippen molar-refractivity contribution in [2.45, 2.75) is 38.6 Å². The Labute approximate surface area is 172 Å². The maximum absolute atomic E-state index is 13.1. The van der Waals surface area contributed by atoms with E-state index in [4.69, 9.17) is 4.74 Å². The van der Waals surface area contributed by atoms with Crippen LogP contribution in [0.2, 0.25) is 0 Å². The number of methoxy groups -OCH3 is 1. The van der Waals surface area contributed by atoms with Crippen LogP contribution in [0.3, 0.4) is 0 Å². The molecular formula is C21H22N4O3S. The Morgan fingerprint density at radius 2 is 2.07 bits per heavy atom. The minimum atomic E-state index is -0.716. The van der Waals surface area contributed by atoms with Gasteiger partial charge in [0.1, 0.15) is 16.6 Å². The summed E-state index contributed by atoms with van der Waals surface area (Å²) in [5, 5.41) is 4.67. The monoisotopic (exact) mass is 410 g/mol. The highest BCUT2D eigenvalue weighted by atomic mass is 32.1. The molecule has 1 unspecified atom stereocenters. The topological polar surface area (TPSA) is 85.6 Å². The summed E-state index contributed by atoms with van der Waals surface area (Å²) in [6.07, 6.45) is 7.16. The van der Waals surface area contributed by atoms with Crippen LogP contribution in [-0.2, 0) is 17.6 Å². The Kier molecular flexibility index (Phi) is 5.44. The number of ether oxygens (including phenoxy) is 1. The van der Waals surface area contributed by atoms with Gasteiger partial charge in [0, 0.05) is 4.88 Å². The first kappa shape index (κ1) is 19.3. The van der Waals surface area contributed by atoms with E-state index >= 15 is 0 Å². The van der Waals surface area contributed by atoms with Crippen molar-refractivity contribution in [2.24, 2.45) is 5.10 Å². The number of hydrazone groups is 1. The Bertz CT molecular complexity index is 1130. The quantitative estimate of drug-likeness (QED) is 0.517. The average molecular weight is 410 g/mol. The number of nitrogens with one attached hydrogen (secondary N) is 1. The number of thiophene rings is 1. The molecule has 0 saturated heterocycles. The molecule has 150 valence electrons. The van der Waals surface area contributed by atoms with Gasteiger partial charge in [-0.2, -0.15) is 5.10 Å². The van der Waals surface area contributed by atoms with Gasteiger partial charge in [0.15, 0.2) is 0 Å². The maximum atomic E-state index is 13.1. The summed E-state index contributed by atoms with van der Waals surface area (Å²) in [5.74, 6) is 0.375. The number of fused-ring (bicyclic) bond motifs is 3. The molecule has 1 N–H and O–H groups in total. The number of hydrogen-bond donors (Lipinski definition) is 1. The molecular weight excluding hydrogens is 388 g/mol. The third kappa shape index (κ3) is 3.80. The summed E-state index contributed by atoms with van der Waals surface area (Å²) in [4.78, 5) is 32.1. The van der Waals surface area contributed by atoms with Gasteiger partial charge < -0.3 is 4.74 Å². The van der Waals surface area contributed by atoms with E-state index in [1.165, 1.54) is 15.8 Å². The largest absolute Gasteiger partial charge is 0.497 e. The first-order chi connectivity index (χ1) is 14.1. The van der Waals surface area contributed by atoms with Crippen LogP contribution in [0, 0.1) is 0 Å². The molecule has 29 heavy (non-hydrogen) atoms. The summed E-state index contributed by atoms with van der Waals surface area (Å²) in [6.45, 7) is 1.67. The SMILES string of the molecule is COc1ccc(/C=N/NC(=O)C(C)n2cnc3sc4c(c3c2=O)CCCC4)cc1. The van der Waals surface area contributed by atoms with Crippen molar-refractivity contribution in [3.05, 3.63) is 57.0 Å². The minimum absolute atomic E-state index is 0.156. The first-order valence-electron chi connectivity index (χ1n) is 9.57. The third-order valence-electron chi connectivity index (χ3n) is 5.20. The van der Waals surface area contributed by atoms with E-state index in [2.05, 4.69) is 15.5 Å². The number of carbonyl (C=O) groups excluding carboxylic acids is 1. The van der Waals surface area contributed by atoms with Gasteiger partial charge in [-0.3, -0.25) is 14.2 Å². The van der Waals surface area contributed by atoms with Crippen LogP contribution in [0.1, 0.15) is 41.8 Å². The average Bonchev–Trinajstić information content (AvgIpc) is 3.13. The van der Waals surface area contributed by atoms with Gasteiger partial charge >= 0.3 is 0 Å². The van der Waals surface area contributed by atoms with Crippen LogP contribution in [0.5, 0.6) is 5.75 Å². The van der Waals surface area contributed by atoms with Gasteiger partial charge in [0.25, 0.3) is 11.5 Å². The van der Waals surface area contributed by atoms with Gasteiger partial charge in [-0.05, 0) is 68.0 Å². The van der Waals surface area contributed by atoms with Gasteiger partial charge in [0.2, 0.25) is 0 Å². The highest BCUT2D eigenvalue weighted by Crippen LogP contribution is 2.33. The molecule has 0 radical (unpaired) electrons. The Morgan fingerprint density at radius 3 is 2.83 bits per heavy atom. The number of hydrogen-bond acceptors (Lipinski definition) is 6. The minimum Gasteiger partial charge on any atom is -0.497 e. The third-order valence-corrected chi connectivity index (χ3v) is 6.40. The highest BCUT2D eigenvalue weighted by molar-refractivity contribution is 7.18. The molecule has 0 fully saturated rings. The molecule has 1 aromatic carbocycles. The van der Waals surface area contributed by atoms with E-state index in [0.29, 0.717) is 5.39 Å². The molecule has 4 rings (SSSR count). The molecule has 1 amide bonds. The fourth-order valence-corrected chi connectivity index (χ4v) is 4.73. The highest BCUT2D eigenvalue weighted by Gasteiger charge is 2.23. The van der Waals surface area contributed by atoms with Crippen LogP contribution in [0.25, 0.3) is 10.2 Å². The van der Waals surface area contributed by atoms with Gasteiger partial charge in [-0.15, -0.1) is 11.3 Å². The van der Waals surface area contributed by atoms with E-state index in [-0.39, 0.29) is 11.5 Å². The summed E-state index contributed by atoms with van der Waals surface area (Å²) in [7, 11) is 1.60. The van der Waals surface area contributed by atoms with E-state index in [9.17, 15) is 9.59 Å². The number of carbonyl (C=O) groups is 1. The van der Waals surface area contributed by atoms with Crippen molar-refractivity contribution in [1.82, 2.24) is 15.0 Å². The second kappa shape index (κ2) is 8.16. The van der Waals surface area contributed by atoms with Crippen molar-refractivity contribution in [3.63, 3.8) is 0 Å². The summed E-state index contributed by atoms with van der Waals surface area (Å²) < 4.78 is 6.50. The van der Waals surface area contributed by atoms with Crippen molar-refractivity contribution in [2.75, 3.05) is 7.11 Å². The van der Waals surface area contributed by atoms with E-state index in [0.717, 1.165) is 47.4 Å². The van der Waals surface area contributed by atoms with Crippen LogP contribution in [-0.4, -0.2) is 28.8 Å². The lowest BCUT2D eigenvalue weighted by Gasteiger charge is -2.14. The number of benzene rings is 1. The number of aromatic nitrogens is 2. The van der Waals surface area contributed by atoms with Crippen molar-refractivity contribution in [1.29, 1.82) is 0 Å². The zero-order valence-electron chi connectivity index (χ0n) is 16.3. The number of rotatable bonds is 5. The predicted molar refractivity (Wildman–Crippen MR) is 114 cm³/mol. The molecule has 0 bridgehead atoms. The van der Waals surface area contributed by atoms with E-state index in [1.54, 1.807) is 31.6 Å². The predicted octanol–water partition coefficient (Wildman–Crippen LogP) is 3.06. The summed E-state index contributed by atoms with van der Waals surface area (Å²) in [6, 6.07) is 6.58. The molecule has 0 saturated carbocycles. The van der Waals surface area contributed by atoms with Gasteiger partial charge in [0.05, 0.1) is 25.0 Å². The molecule has 1 atom stereocenters. The molecule has 1 aliphatic carbocycles. The number of aryl methyl sites for hydroxylation is 2. The molecule has 2 heterocycles. The van der Waals surface area contributed by atoms with Crippen LogP contribution < -0.4 is 15.7 Å². The van der Waals surface area contributed by atoms with Crippen LogP contribution in [0.15, 0.2) is 40.5 Å². The Morgan fingerprint density at radius 1 is 1.31 bits per heavy atom. The lowest BCUT2D eigenvalue weighted by atomic mass is 9.97. The lowest BCUT2D eigenvalue weighted by molar-refractivity contribution is -0.123. The Balaban J connectivity index is 1.52. The number of amides is 1. The fraction of sp³-hybridized carbons (Fsp3) is 0.333. The Hall–Kier alpha value is -3.00. The molecule has 8 heteroatoms. The van der Waals surface area contributed by atoms with Crippen LogP contribution >= 0.6 is 11.3 Å². The maximum Gasteiger partial charge on any atom is 0.263 e. The zero-order valence-corrected chi connectivity index (χ0v) is 17.2.